The minimum absolute atomic E-state index is 0.197. The van der Waals surface area contributed by atoms with Gasteiger partial charge < -0.3 is 4.90 Å². The van der Waals surface area contributed by atoms with Gasteiger partial charge in [0.05, 0.1) is 0 Å². The van der Waals surface area contributed by atoms with E-state index in [-0.39, 0.29) is 5.91 Å². The molecule has 1 aliphatic carbocycles. The summed E-state index contributed by atoms with van der Waals surface area (Å²) < 4.78 is 0. The zero-order chi connectivity index (χ0) is 14.7. The molecule has 2 heteroatoms. The number of fused-ring (bicyclic) bond motifs is 1. The molecule has 0 bridgehead atoms. The topological polar surface area (TPSA) is 20.3 Å². The Morgan fingerprint density at radius 2 is 1.86 bits per heavy atom. The van der Waals surface area contributed by atoms with Gasteiger partial charge in [0.2, 0.25) is 5.91 Å². The maximum atomic E-state index is 12.7. The Morgan fingerprint density at radius 3 is 2.67 bits per heavy atom. The summed E-state index contributed by atoms with van der Waals surface area (Å²) >= 11 is 0. The summed E-state index contributed by atoms with van der Waals surface area (Å²) in [5.74, 6) is 0.937. The number of hydrogen-bond acceptors (Lipinski definition) is 1. The van der Waals surface area contributed by atoms with E-state index in [1.807, 2.05) is 36.4 Å². The summed E-state index contributed by atoms with van der Waals surface area (Å²) in [6.07, 6.45) is 11.3. The van der Waals surface area contributed by atoms with Crippen LogP contribution >= 0.6 is 0 Å². The van der Waals surface area contributed by atoms with Crippen LogP contribution in [0.3, 0.4) is 0 Å². The van der Waals surface area contributed by atoms with E-state index in [1.54, 1.807) is 6.08 Å². The number of benzene rings is 1. The van der Waals surface area contributed by atoms with Gasteiger partial charge in [-0.3, -0.25) is 4.79 Å². The lowest BCUT2D eigenvalue weighted by molar-refractivity contribution is -0.135. The molecule has 0 spiro atoms. The smallest absolute Gasteiger partial charge is 0.247 e. The summed E-state index contributed by atoms with van der Waals surface area (Å²) in [4.78, 5) is 14.8. The Kier molecular flexibility index (Phi) is 4.42. The average Bonchev–Trinajstić information content (AvgIpc) is 2.53. The zero-order valence-electron chi connectivity index (χ0n) is 12.9. The Balaban J connectivity index is 1.73. The van der Waals surface area contributed by atoms with Crippen molar-refractivity contribution >= 4 is 12.0 Å². The molecule has 3 atom stereocenters. The third-order valence-electron chi connectivity index (χ3n) is 5.13. The van der Waals surface area contributed by atoms with E-state index in [0.717, 1.165) is 17.9 Å². The SMILES string of the molecule is CC1CCC2CCCCC2N1C(=O)/C=C/c1ccccc1. The van der Waals surface area contributed by atoms with Crippen LogP contribution in [0, 0.1) is 5.92 Å². The standard InChI is InChI=1S/C19H25NO/c1-15-11-13-17-9-5-6-10-18(17)20(15)19(21)14-12-16-7-3-2-4-8-16/h2-4,7-8,12,14-15,17-18H,5-6,9-11,13H2,1H3/b14-12+. The number of rotatable bonds is 2. The van der Waals surface area contributed by atoms with Crippen molar-refractivity contribution in [3.05, 3.63) is 42.0 Å². The van der Waals surface area contributed by atoms with Crippen LogP contribution in [0.25, 0.3) is 6.08 Å². The quantitative estimate of drug-likeness (QED) is 0.742. The molecule has 21 heavy (non-hydrogen) atoms. The lowest BCUT2D eigenvalue weighted by atomic mass is 9.76. The van der Waals surface area contributed by atoms with Crippen molar-refractivity contribution in [3.63, 3.8) is 0 Å². The number of piperidine rings is 1. The van der Waals surface area contributed by atoms with Crippen LogP contribution < -0.4 is 0 Å². The fourth-order valence-corrected chi connectivity index (χ4v) is 4.01. The van der Waals surface area contributed by atoms with Gasteiger partial charge in [-0.05, 0) is 50.2 Å². The Morgan fingerprint density at radius 1 is 1.10 bits per heavy atom. The van der Waals surface area contributed by atoms with Gasteiger partial charge in [0.15, 0.2) is 0 Å². The van der Waals surface area contributed by atoms with Crippen LogP contribution in [-0.4, -0.2) is 22.9 Å². The van der Waals surface area contributed by atoms with Crippen molar-refractivity contribution in [3.8, 4) is 0 Å². The second kappa shape index (κ2) is 6.46. The van der Waals surface area contributed by atoms with Gasteiger partial charge in [-0.25, -0.2) is 0 Å². The van der Waals surface area contributed by atoms with Crippen molar-refractivity contribution in [2.24, 2.45) is 5.92 Å². The molecule has 1 heterocycles. The van der Waals surface area contributed by atoms with Crippen molar-refractivity contribution < 1.29 is 4.79 Å². The molecule has 0 aromatic heterocycles. The van der Waals surface area contributed by atoms with E-state index in [4.69, 9.17) is 0 Å². The van der Waals surface area contributed by atoms with Gasteiger partial charge >= 0.3 is 0 Å². The van der Waals surface area contributed by atoms with Crippen molar-refractivity contribution in [1.82, 2.24) is 4.90 Å². The third-order valence-corrected chi connectivity index (χ3v) is 5.13. The first-order valence-electron chi connectivity index (χ1n) is 8.31. The number of amides is 1. The predicted molar refractivity (Wildman–Crippen MR) is 86.8 cm³/mol. The molecule has 1 aromatic rings. The molecule has 1 saturated heterocycles. The van der Waals surface area contributed by atoms with Gasteiger partial charge in [0.25, 0.3) is 0 Å². The molecule has 2 fully saturated rings. The predicted octanol–water partition coefficient (Wildman–Crippen LogP) is 4.27. The first-order valence-corrected chi connectivity index (χ1v) is 8.31. The normalized spacial score (nSPS) is 29.4. The zero-order valence-corrected chi connectivity index (χ0v) is 12.9. The molecule has 0 radical (unpaired) electrons. The summed E-state index contributed by atoms with van der Waals surface area (Å²) in [7, 11) is 0. The Bertz CT molecular complexity index is 508. The second-order valence-electron chi connectivity index (χ2n) is 6.53. The number of carbonyl (C=O) groups excluding carboxylic acids is 1. The molecular formula is C19H25NO. The van der Waals surface area contributed by atoms with Crippen LogP contribution in [0.5, 0.6) is 0 Å². The van der Waals surface area contributed by atoms with Gasteiger partial charge in [0.1, 0.15) is 0 Å². The third kappa shape index (κ3) is 3.20. The van der Waals surface area contributed by atoms with E-state index in [9.17, 15) is 4.79 Å². The summed E-state index contributed by atoms with van der Waals surface area (Å²) in [6.45, 7) is 2.21. The van der Waals surface area contributed by atoms with E-state index < -0.39 is 0 Å². The van der Waals surface area contributed by atoms with Crippen molar-refractivity contribution in [2.75, 3.05) is 0 Å². The Labute approximate surface area is 127 Å². The minimum Gasteiger partial charge on any atom is -0.333 e. The molecule has 0 N–H and O–H groups in total. The highest BCUT2D eigenvalue weighted by atomic mass is 16.2. The molecule has 1 amide bonds. The minimum atomic E-state index is 0.197. The lowest BCUT2D eigenvalue weighted by Crippen LogP contribution is -2.53. The molecule has 112 valence electrons. The second-order valence-corrected chi connectivity index (χ2v) is 6.53. The van der Waals surface area contributed by atoms with Gasteiger partial charge in [-0.2, -0.15) is 0 Å². The first kappa shape index (κ1) is 14.4. The monoisotopic (exact) mass is 283 g/mol. The van der Waals surface area contributed by atoms with Crippen LogP contribution in [-0.2, 0) is 4.79 Å². The van der Waals surface area contributed by atoms with Gasteiger partial charge in [0, 0.05) is 18.2 Å². The van der Waals surface area contributed by atoms with Gasteiger partial charge in [-0.15, -0.1) is 0 Å². The van der Waals surface area contributed by atoms with E-state index >= 15 is 0 Å². The highest BCUT2D eigenvalue weighted by Crippen LogP contribution is 2.37. The molecule has 2 nitrogen and oxygen atoms in total. The lowest BCUT2D eigenvalue weighted by Gasteiger charge is -2.47. The molecule has 2 aliphatic rings. The van der Waals surface area contributed by atoms with E-state index in [0.29, 0.717) is 12.1 Å². The van der Waals surface area contributed by atoms with Crippen LogP contribution in [0.4, 0.5) is 0 Å². The number of hydrogen-bond donors (Lipinski definition) is 0. The highest BCUT2D eigenvalue weighted by Gasteiger charge is 2.38. The van der Waals surface area contributed by atoms with Crippen LogP contribution in [0.15, 0.2) is 36.4 Å². The molecule has 1 aliphatic heterocycles. The maximum absolute atomic E-state index is 12.7. The van der Waals surface area contributed by atoms with Crippen LogP contribution in [0.1, 0.15) is 51.0 Å². The molecule has 3 rings (SSSR count). The fraction of sp³-hybridized carbons (Fsp3) is 0.526. The van der Waals surface area contributed by atoms with E-state index in [2.05, 4.69) is 11.8 Å². The summed E-state index contributed by atoms with van der Waals surface area (Å²) in [5.41, 5.74) is 1.09. The van der Waals surface area contributed by atoms with Crippen molar-refractivity contribution in [2.45, 2.75) is 57.5 Å². The van der Waals surface area contributed by atoms with E-state index in [1.165, 1.54) is 32.1 Å². The number of carbonyl (C=O) groups is 1. The van der Waals surface area contributed by atoms with Gasteiger partial charge in [-0.1, -0.05) is 43.2 Å². The summed E-state index contributed by atoms with van der Waals surface area (Å²) in [6, 6.07) is 10.9. The Hall–Kier alpha value is -1.57. The number of likely N-dealkylation sites (tertiary alicyclic amines) is 1. The fourth-order valence-electron chi connectivity index (χ4n) is 4.01. The largest absolute Gasteiger partial charge is 0.333 e. The highest BCUT2D eigenvalue weighted by molar-refractivity contribution is 5.92. The maximum Gasteiger partial charge on any atom is 0.247 e. The first-order chi connectivity index (χ1) is 10.3. The summed E-state index contributed by atoms with van der Waals surface area (Å²) in [5, 5.41) is 0. The molecular weight excluding hydrogens is 258 g/mol. The molecule has 3 unspecified atom stereocenters. The van der Waals surface area contributed by atoms with Crippen LogP contribution in [0.2, 0.25) is 0 Å². The molecule has 1 saturated carbocycles. The van der Waals surface area contributed by atoms with Crippen molar-refractivity contribution in [1.29, 1.82) is 0 Å². The average molecular weight is 283 g/mol. The molecule has 1 aromatic carbocycles. The number of nitrogens with zero attached hydrogens (tertiary/aromatic N) is 1.